The van der Waals surface area contributed by atoms with Crippen LogP contribution in [0.15, 0.2) is 29.2 Å². The van der Waals surface area contributed by atoms with Crippen molar-refractivity contribution in [2.45, 2.75) is 44.0 Å². The standard InChI is InChI=1S/C17H26N2O4S/c1-3-14(2)18-17(20)9-6-15-4-7-16(8-5-15)24(21,22)19-10-12-23-13-11-19/h4-5,7-8,14H,3,6,9-13H2,1-2H3,(H,18,20)/t14-/m0/s1. The molecule has 1 saturated heterocycles. The van der Waals surface area contributed by atoms with E-state index in [1.807, 2.05) is 13.8 Å². The molecule has 1 atom stereocenters. The van der Waals surface area contributed by atoms with E-state index in [0.717, 1.165) is 12.0 Å². The zero-order chi connectivity index (χ0) is 17.6. The lowest BCUT2D eigenvalue weighted by molar-refractivity contribution is -0.121. The molecular formula is C17H26N2O4S. The Morgan fingerprint density at radius 3 is 2.46 bits per heavy atom. The molecule has 0 radical (unpaired) electrons. The summed E-state index contributed by atoms with van der Waals surface area (Å²) in [7, 11) is -3.46. The van der Waals surface area contributed by atoms with E-state index >= 15 is 0 Å². The van der Waals surface area contributed by atoms with Gasteiger partial charge in [-0.25, -0.2) is 8.42 Å². The highest BCUT2D eigenvalue weighted by atomic mass is 32.2. The number of benzene rings is 1. The highest BCUT2D eigenvalue weighted by molar-refractivity contribution is 7.89. The maximum atomic E-state index is 12.5. The van der Waals surface area contributed by atoms with E-state index in [1.54, 1.807) is 24.3 Å². The van der Waals surface area contributed by atoms with Crippen LogP contribution in [-0.2, 0) is 26.0 Å². The minimum absolute atomic E-state index is 0.0226. The molecule has 0 aromatic heterocycles. The first-order chi connectivity index (χ1) is 11.4. The number of aryl methyl sites for hydroxylation is 1. The highest BCUT2D eigenvalue weighted by Gasteiger charge is 2.26. The number of sulfonamides is 1. The van der Waals surface area contributed by atoms with Crippen molar-refractivity contribution in [1.29, 1.82) is 0 Å². The van der Waals surface area contributed by atoms with Gasteiger partial charge < -0.3 is 10.1 Å². The Morgan fingerprint density at radius 1 is 1.25 bits per heavy atom. The number of rotatable bonds is 7. The van der Waals surface area contributed by atoms with Crippen LogP contribution in [0.3, 0.4) is 0 Å². The third kappa shape index (κ3) is 5.03. The summed E-state index contributed by atoms with van der Waals surface area (Å²) in [6, 6.07) is 6.98. The van der Waals surface area contributed by atoms with Crippen LogP contribution in [0.1, 0.15) is 32.3 Å². The van der Waals surface area contributed by atoms with Crippen molar-refractivity contribution in [3.8, 4) is 0 Å². The number of amides is 1. The first kappa shape index (κ1) is 18.9. The third-order valence-electron chi connectivity index (χ3n) is 4.19. The lowest BCUT2D eigenvalue weighted by atomic mass is 10.1. The van der Waals surface area contributed by atoms with Crippen LogP contribution in [0, 0.1) is 0 Å². The fraction of sp³-hybridized carbons (Fsp3) is 0.588. The van der Waals surface area contributed by atoms with Gasteiger partial charge in [-0.15, -0.1) is 0 Å². The second-order valence-corrected chi connectivity index (χ2v) is 7.98. The van der Waals surface area contributed by atoms with Crippen molar-refractivity contribution in [2.24, 2.45) is 0 Å². The molecule has 1 amide bonds. The van der Waals surface area contributed by atoms with Crippen molar-refractivity contribution in [3.63, 3.8) is 0 Å². The average molecular weight is 354 g/mol. The predicted octanol–water partition coefficient (Wildman–Crippen LogP) is 1.55. The van der Waals surface area contributed by atoms with E-state index in [1.165, 1.54) is 4.31 Å². The number of nitrogens with zero attached hydrogens (tertiary/aromatic N) is 1. The van der Waals surface area contributed by atoms with Gasteiger partial charge >= 0.3 is 0 Å². The van der Waals surface area contributed by atoms with Crippen LogP contribution in [0.25, 0.3) is 0 Å². The van der Waals surface area contributed by atoms with Gasteiger partial charge in [-0.05, 0) is 37.5 Å². The van der Waals surface area contributed by atoms with Crippen LogP contribution in [0.4, 0.5) is 0 Å². The van der Waals surface area contributed by atoms with Crippen molar-refractivity contribution >= 4 is 15.9 Å². The average Bonchev–Trinajstić information content (AvgIpc) is 2.61. The van der Waals surface area contributed by atoms with E-state index in [2.05, 4.69) is 5.32 Å². The molecule has 24 heavy (non-hydrogen) atoms. The molecule has 0 aliphatic carbocycles. The molecule has 134 valence electrons. The van der Waals surface area contributed by atoms with E-state index < -0.39 is 10.0 Å². The quantitative estimate of drug-likeness (QED) is 0.806. The largest absolute Gasteiger partial charge is 0.379 e. The summed E-state index contributed by atoms with van der Waals surface area (Å²) in [4.78, 5) is 12.1. The molecular weight excluding hydrogens is 328 g/mol. The summed E-state index contributed by atoms with van der Waals surface area (Å²) in [5.41, 5.74) is 0.954. The molecule has 7 heteroatoms. The van der Waals surface area contributed by atoms with Gasteiger partial charge in [-0.3, -0.25) is 4.79 Å². The molecule has 0 spiro atoms. The Labute approximate surface area is 144 Å². The van der Waals surface area contributed by atoms with Gasteiger partial charge in [0.2, 0.25) is 15.9 Å². The Hall–Kier alpha value is -1.44. The molecule has 1 aromatic carbocycles. The van der Waals surface area contributed by atoms with Crippen LogP contribution in [-0.4, -0.2) is 51.0 Å². The summed E-state index contributed by atoms with van der Waals surface area (Å²) in [6.07, 6.45) is 1.90. The molecule has 2 rings (SSSR count). The fourth-order valence-corrected chi connectivity index (χ4v) is 3.88. The molecule has 1 aliphatic heterocycles. The first-order valence-electron chi connectivity index (χ1n) is 8.39. The molecule has 1 aromatic rings. The summed E-state index contributed by atoms with van der Waals surface area (Å²) < 4.78 is 31.7. The topological polar surface area (TPSA) is 75.7 Å². The number of carbonyl (C=O) groups excluding carboxylic acids is 1. The molecule has 0 unspecified atom stereocenters. The van der Waals surface area contributed by atoms with Gasteiger partial charge in [0.1, 0.15) is 0 Å². The molecule has 1 N–H and O–H groups in total. The number of hydrogen-bond donors (Lipinski definition) is 1. The van der Waals surface area contributed by atoms with E-state index in [0.29, 0.717) is 39.1 Å². The van der Waals surface area contributed by atoms with E-state index in [9.17, 15) is 13.2 Å². The Morgan fingerprint density at radius 2 is 1.88 bits per heavy atom. The zero-order valence-electron chi connectivity index (χ0n) is 14.3. The van der Waals surface area contributed by atoms with Gasteiger partial charge in [0.05, 0.1) is 18.1 Å². The fourth-order valence-electron chi connectivity index (χ4n) is 2.47. The van der Waals surface area contributed by atoms with Crippen LogP contribution < -0.4 is 5.32 Å². The molecule has 1 heterocycles. The van der Waals surface area contributed by atoms with Gasteiger partial charge in [0, 0.05) is 25.6 Å². The van der Waals surface area contributed by atoms with Crippen molar-refractivity contribution in [3.05, 3.63) is 29.8 Å². The lowest BCUT2D eigenvalue weighted by Gasteiger charge is -2.26. The van der Waals surface area contributed by atoms with Gasteiger partial charge in [0.15, 0.2) is 0 Å². The van der Waals surface area contributed by atoms with Crippen molar-refractivity contribution in [2.75, 3.05) is 26.3 Å². The van der Waals surface area contributed by atoms with Crippen molar-refractivity contribution < 1.29 is 17.9 Å². The van der Waals surface area contributed by atoms with Crippen LogP contribution >= 0.6 is 0 Å². The predicted molar refractivity (Wildman–Crippen MR) is 92.2 cm³/mol. The number of nitrogens with one attached hydrogen (secondary N) is 1. The second-order valence-electron chi connectivity index (χ2n) is 6.04. The van der Waals surface area contributed by atoms with Crippen molar-refractivity contribution in [1.82, 2.24) is 9.62 Å². The molecule has 1 aliphatic rings. The summed E-state index contributed by atoms with van der Waals surface area (Å²) in [5, 5.41) is 2.93. The minimum Gasteiger partial charge on any atom is -0.379 e. The number of carbonyl (C=O) groups is 1. The highest BCUT2D eigenvalue weighted by Crippen LogP contribution is 2.18. The Balaban J connectivity index is 1.94. The normalized spacial score (nSPS) is 17.4. The molecule has 0 saturated carbocycles. The molecule has 1 fully saturated rings. The first-order valence-corrected chi connectivity index (χ1v) is 9.83. The summed E-state index contributed by atoms with van der Waals surface area (Å²) in [5.74, 6) is 0.0226. The number of morpholine rings is 1. The minimum atomic E-state index is -3.46. The SMILES string of the molecule is CC[C@H](C)NC(=O)CCc1ccc(S(=O)(=O)N2CCOCC2)cc1. The van der Waals surface area contributed by atoms with E-state index in [4.69, 9.17) is 4.74 Å². The van der Waals surface area contributed by atoms with Crippen LogP contribution in [0.5, 0.6) is 0 Å². The van der Waals surface area contributed by atoms with Gasteiger partial charge in [0.25, 0.3) is 0 Å². The summed E-state index contributed by atoms with van der Waals surface area (Å²) in [6.45, 7) is 5.65. The monoisotopic (exact) mass is 354 g/mol. The van der Waals surface area contributed by atoms with E-state index in [-0.39, 0.29) is 16.8 Å². The smallest absolute Gasteiger partial charge is 0.243 e. The summed E-state index contributed by atoms with van der Waals surface area (Å²) >= 11 is 0. The maximum Gasteiger partial charge on any atom is 0.243 e. The zero-order valence-corrected chi connectivity index (χ0v) is 15.1. The van der Waals surface area contributed by atoms with Crippen LogP contribution in [0.2, 0.25) is 0 Å². The lowest BCUT2D eigenvalue weighted by Crippen LogP contribution is -2.40. The Bertz CT molecular complexity index is 637. The number of hydrogen-bond acceptors (Lipinski definition) is 4. The molecule has 6 nitrogen and oxygen atoms in total. The number of ether oxygens (including phenoxy) is 1. The van der Waals surface area contributed by atoms with Gasteiger partial charge in [-0.2, -0.15) is 4.31 Å². The van der Waals surface area contributed by atoms with Gasteiger partial charge in [-0.1, -0.05) is 19.1 Å². The maximum absolute atomic E-state index is 12.5. The third-order valence-corrected chi connectivity index (χ3v) is 6.10. The second kappa shape index (κ2) is 8.60. The molecule has 0 bridgehead atoms. The Kier molecular flexibility index (Phi) is 6.77.